The Balaban J connectivity index is 0.00000676. The van der Waals surface area contributed by atoms with Gasteiger partial charge in [0.05, 0.1) is 13.7 Å². The molecule has 0 bridgehead atoms. The second-order valence-electron chi connectivity index (χ2n) is 6.69. The number of ether oxygens (including phenoxy) is 2. The summed E-state index contributed by atoms with van der Waals surface area (Å²) >= 11 is 0. The van der Waals surface area contributed by atoms with E-state index in [1.807, 2.05) is 31.2 Å². The van der Waals surface area contributed by atoms with Crippen LogP contribution in [0.2, 0.25) is 0 Å². The number of carbonyl (C=O) groups is 1. The molecule has 1 rings (SSSR count). The van der Waals surface area contributed by atoms with E-state index in [1.165, 1.54) is 4.90 Å². The van der Waals surface area contributed by atoms with Crippen molar-refractivity contribution >= 4 is 35.8 Å². The second-order valence-corrected chi connectivity index (χ2v) is 6.69. The first kappa shape index (κ1) is 25.3. The van der Waals surface area contributed by atoms with Crippen LogP contribution in [0.1, 0.15) is 20.8 Å². The summed E-state index contributed by atoms with van der Waals surface area (Å²) in [6, 6.07) is 7.54. The molecule has 0 aliphatic carbocycles. The molecular formula is C19H33IN4O3. The van der Waals surface area contributed by atoms with Gasteiger partial charge in [0.25, 0.3) is 0 Å². The van der Waals surface area contributed by atoms with Crippen molar-refractivity contribution in [2.24, 2.45) is 10.9 Å². The number of aliphatic imine (C=N–C) groups is 1. The van der Waals surface area contributed by atoms with Crippen LogP contribution in [0.5, 0.6) is 11.5 Å². The van der Waals surface area contributed by atoms with E-state index in [-0.39, 0.29) is 42.5 Å². The molecule has 0 radical (unpaired) electrons. The van der Waals surface area contributed by atoms with E-state index < -0.39 is 0 Å². The zero-order chi connectivity index (χ0) is 19.5. The van der Waals surface area contributed by atoms with Crippen LogP contribution in [-0.2, 0) is 4.79 Å². The monoisotopic (exact) mass is 492 g/mol. The van der Waals surface area contributed by atoms with Crippen LogP contribution >= 0.6 is 24.0 Å². The van der Waals surface area contributed by atoms with Crippen LogP contribution in [0, 0.1) is 5.92 Å². The van der Waals surface area contributed by atoms with E-state index in [4.69, 9.17) is 9.47 Å². The minimum atomic E-state index is -0.109. The molecule has 2 N–H and O–H groups in total. The summed E-state index contributed by atoms with van der Waals surface area (Å²) in [4.78, 5) is 17.6. The molecule has 0 spiro atoms. The Kier molecular flexibility index (Phi) is 12.6. The maximum atomic E-state index is 11.8. The number of amides is 1. The molecule has 1 amide bonds. The van der Waals surface area contributed by atoms with Gasteiger partial charge in [-0.25, -0.2) is 4.99 Å². The fourth-order valence-corrected chi connectivity index (χ4v) is 1.98. The van der Waals surface area contributed by atoms with E-state index in [1.54, 1.807) is 21.2 Å². The first-order chi connectivity index (χ1) is 12.3. The van der Waals surface area contributed by atoms with Gasteiger partial charge in [0.15, 0.2) is 17.5 Å². The van der Waals surface area contributed by atoms with Gasteiger partial charge in [-0.1, -0.05) is 26.0 Å². The third kappa shape index (κ3) is 10.3. The van der Waals surface area contributed by atoms with Crippen LogP contribution in [0.3, 0.4) is 0 Å². The van der Waals surface area contributed by atoms with Crippen molar-refractivity contribution in [2.75, 3.05) is 40.8 Å². The quantitative estimate of drug-likeness (QED) is 0.315. The molecule has 0 saturated carbocycles. The highest BCUT2D eigenvalue weighted by molar-refractivity contribution is 14.0. The van der Waals surface area contributed by atoms with Crippen molar-refractivity contribution in [1.82, 2.24) is 15.5 Å². The van der Waals surface area contributed by atoms with E-state index in [2.05, 4.69) is 29.5 Å². The van der Waals surface area contributed by atoms with Crippen LogP contribution in [-0.4, -0.2) is 63.7 Å². The Morgan fingerprint density at radius 2 is 1.70 bits per heavy atom. The maximum Gasteiger partial charge on any atom is 0.243 e. The number of hydrogen-bond acceptors (Lipinski definition) is 4. The summed E-state index contributed by atoms with van der Waals surface area (Å²) in [6.07, 6.45) is -0.109. The zero-order valence-corrected chi connectivity index (χ0v) is 19.4. The van der Waals surface area contributed by atoms with Gasteiger partial charge in [-0.2, -0.15) is 0 Å². The largest absolute Gasteiger partial charge is 0.493 e. The van der Waals surface area contributed by atoms with Gasteiger partial charge in [0.2, 0.25) is 5.91 Å². The average molecular weight is 492 g/mol. The third-order valence-corrected chi connectivity index (χ3v) is 3.50. The molecule has 0 fully saturated rings. The molecule has 1 aromatic carbocycles. The summed E-state index contributed by atoms with van der Waals surface area (Å²) in [5.74, 6) is 2.41. The number of carbonyl (C=O) groups excluding carboxylic acids is 1. The molecule has 0 saturated heterocycles. The topological polar surface area (TPSA) is 75.2 Å². The summed E-state index contributed by atoms with van der Waals surface area (Å²) < 4.78 is 11.2. The highest BCUT2D eigenvalue weighted by Crippen LogP contribution is 2.26. The van der Waals surface area contributed by atoms with Crippen LogP contribution in [0.15, 0.2) is 29.3 Å². The summed E-state index contributed by atoms with van der Waals surface area (Å²) in [5, 5.41) is 6.47. The van der Waals surface area contributed by atoms with Crippen molar-refractivity contribution in [2.45, 2.75) is 26.9 Å². The SMILES string of the molecule is COc1ccccc1OC(C)CNC(=NCC(=O)N(C)C)NCC(C)C.I. The fourth-order valence-electron chi connectivity index (χ4n) is 1.98. The molecule has 1 aromatic rings. The fraction of sp³-hybridized carbons (Fsp3) is 0.579. The molecule has 154 valence electrons. The molecule has 27 heavy (non-hydrogen) atoms. The van der Waals surface area contributed by atoms with E-state index in [0.717, 1.165) is 6.54 Å². The predicted octanol–water partition coefficient (Wildman–Crippen LogP) is 2.36. The Hall–Kier alpha value is -1.71. The lowest BCUT2D eigenvalue weighted by Crippen LogP contribution is -2.43. The van der Waals surface area contributed by atoms with Gasteiger partial charge < -0.3 is 25.0 Å². The van der Waals surface area contributed by atoms with E-state index in [9.17, 15) is 4.79 Å². The number of nitrogens with one attached hydrogen (secondary N) is 2. The number of para-hydroxylation sites is 2. The number of guanidine groups is 1. The lowest BCUT2D eigenvalue weighted by Gasteiger charge is -2.20. The van der Waals surface area contributed by atoms with E-state index in [0.29, 0.717) is 29.9 Å². The highest BCUT2D eigenvalue weighted by Gasteiger charge is 2.10. The first-order valence-corrected chi connectivity index (χ1v) is 8.85. The van der Waals surface area contributed by atoms with Gasteiger partial charge >= 0.3 is 0 Å². The van der Waals surface area contributed by atoms with Crippen molar-refractivity contribution in [3.8, 4) is 11.5 Å². The number of likely N-dealkylation sites (N-methyl/N-ethyl adjacent to an activating group) is 1. The van der Waals surface area contributed by atoms with Gasteiger partial charge in [0.1, 0.15) is 12.6 Å². The van der Waals surface area contributed by atoms with Crippen molar-refractivity contribution in [1.29, 1.82) is 0 Å². The van der Waals surface area contributed by atoms with Crippen molar-refractivity contribution in [3.05, 3.63) is 24.3 Å². The number of hydrogen-bond donors (Lipinski definition) is 2. The van der Waals surface area contributed by atoms with Crippen molar-refractivity contribution in [3.63, 3.8) is 0 Å². The Labute approximate surface area is 179 Å². The number of rotatable bonds is 9. The number of methoxy groups -OCH3 is 1. The molecule has 0 aliphatic heterocycles. The third-order valence-electron chi connectivity index (χ3n) is 3.50. The van der Waals surface area contributed by atoms with E-state index >= 15 is 0 Å². The molecular weight excluding hydrogens is 459 g/mol. The van der Waals surface area contributed by atoms with Crippen LogP contribution in [0.4, 0.5) is 0 Å². The first-order valence-electron chi connectivity index (χ1n) is 8.85. The van der Waals surface area contributed by atoms with Gasteiger partial charge in [-0.15, -0.1) is 24.0 Å². The summed E-state index contributed by atoms with van der Waals surface area (Å²) in [5.41, 5.74) is 0. The molecule has 1 unspecified atom stereocenters. The summed E-state index contributed by atoms with van der Waals surface area (Å²) in [6.45, 7) is 7.60. The minimum Gasteiger partial charge on any atom is -0.493 e. The predicted molar refractivity (Wildman–Crippen MR) is 120 cm³/mol. The molecule has 0 heterocycles. The van der Waals surface area contributed by atoms with Gasteiger partial charge in [0, 0.05) is 20.6 Å². The molecule has 7 nitrogen and oxygen atoms in total. The molecule has 8 heteroatoms. The lowest BCUT2D eigenvalue weighted by molar-refractivity contribution is -0.127. The smallest absolute Gasteiger partial charge is 0.243 e. The normalized spacial score (nSPS) is 12.0. The standard InChI is InChI=1S/C19H32N4O3.HI/c1-14(2)11-20-19(22-13-18(24)23(4)5)21-12-15(3)26-17-10-8-7-9-16(17)25-6;/h7-10,14-15H,11-13H2,1-6H3,(H2,20,21,22);1H. The number of nitrogens with zero attached hydrogens (tertiary/aromatic N) is 2. The minimum absolute atomic E-state index is 0. The summed E-state index contributed by atoms with van der Waals surface area (Å²) in [7, 11) is 5.05. The second kappa shape index (κ2) is 13.5. The Morgan fingerprint density at radius 1 is 1.11 bits per heavy atom. The Bertz CT molecular complexity index is 594. The highest BCUT2D eigenvalue weighted by atomic mass is 127. The average Bonchev–Trinajstić information content (AvgIpc) is 2.60. The maximum absolute atomic E-state index is 11.8. The number of benzene rings is 1. The molecule has 0 aliphatic rings. The zero-order valence-electron chi connectivity index (χ0n) is 17.1. The number of halogens is 1. The van der Waals surface area contributed by atoms with Crippen LogP contribution < -0.4 is 20.1 Å². The van der Waals surface area contributed by atoms with Gasteiger partial charge in [-0.3, -0.25) is 4.79 Å². The lowest BCUT2D eigenvalue weighted by atomic mass is 10.2. The van der Waals surface area contributed by atoms with Gasteiger partial charge in [-0.05, 0) is 25.0 Å². The van der Waals surface area contributed by atoms with Crippen LogP contribution in [0.25, 0.3) is 0 Å². The Morgan fingerprint density at radius 3 is 2.26 bits per heavy atom. The van der Waals surface area contributed by atoms with Crippen molar-refractivity contribution < 1.29 is 14.3 Å². The molecule has 0 aromatic heterocycles. The molecule has 1 atom stereocenters.